The lowest BCUT2D eigenvalue weighted by Gasteiger charge is -2.04. The van der Waals surface area contributed by atoms with Gasteiger partial charge in [-0.05, 0) is 23.6 Å². The highest BCUT2D eigenvalue weighted by Crippen LogP contribution is 2.28. The van der Waals surface area contributed by atoms with Crippen molar-refractivity contribution in [2.75, 3.05) is 6.54 Å². The van der Waals surface area contributed by atoms with Crippen molar-refractivity contribution in [3.05, 3.63) is 53.9 Å². The van der Waals surface area contributed by atoms with Crippen molar-refractivity contribution in [2.45, 2.75) is 12.8 Å². The number of nitrogens with one attached hydrogen (secondary N) is 2. The second-order valence-corrected chi connectivity index (χ2v) is 5.30. The fourth-order valence-corrected chi connectivity index (χ4v) is 2.89. The number of H-pyrrole nitrogens is 1. The van der Waals surface area contributed by atoms with Crippen molar-refractivity contribution in [3.8, 4) is 11.4 Å². The topological polar surface area (TPSA) is 57.8 Å². The molecule has 2 heterocycles. The van der Waals surface area contributed by atoms with E-state index in [0.29, 0.717) is 12.2 Å². The Morgan fingerprint density at radius 1 is 1.05 bits per heavy atom. The number of amides is 1. The van der Waals surface area contributed by atoms with E-state index >= 15 is 0 Å². The number of imidazole rings is 1. The van der Waals surface area contributed by atoms with Crippen LogP contribution in [0.2, 0.25) is 0 Å². The molecule has 4 rings (SSSR count). The lowest BCUT2D eigenvalue weighted by atomic mass is 10.0. The van der Waals surface area contributed by atoms with Gasteiger partial charge >= 0.3 is 0 Å². The van der Waals surface area contributed by atoms with Crippen LogP contribution in [0.25, 0.3) is 22.2 Å². The second kappa shape index (κ2) is 4.74. The summed E-state index contributed by atoms with van der Waals surface area (Å²) in [5.41, 5.74) is 2.51. The summed E-state index contributed by atoms with van der Waals surface area (Å²) in [4.78, 5) is 19.9. The van der Waals surface area contributed by atoms with Crippen molar-refractivity contribution < 1.29 is 4.79 Å². The molecule has 4 heteroatoms. The van der Waals surface area contributed by atoms with E-state index in [1.165, 1.54) is 5.39 Å². The van der Waals surface area contributed by atoms with Gasteiger partial charge in [0.1, 0.15) is 11.5 Å². The van der Waals surface area contributed by atoms with Crippen LogP contribution in [0.1, 0.15) is 22.6 Å². The number of aromatic amines is 1. The predicted molar refractivity (Wildman–Crippen MR) is 82.2 cm³/mol. The maximum Gasteiger partial charge on any atom is 0.271 e. The maximum absolute atomic E-state index is 12.0. The fraction of sp³-hybridized carbons (Fsp3) is 0.176. The van der Waals surface area contributed by atoms with Crippen LogP contribution in [0, 0.1) is 0 Å². The highest BCUT2D eigenvalue weighted by atomic mass is 16.1. The van der Waals surface area contributed by atoms with Crippen molar-refractivity contribution in [1.82, 2.24) is 15.3 Å². The molecule has 0 radical (unpaired) electrons. The zero-order valence-corrected chi connectivity index (χ0v) is 11.5. The van der Waals surface area contributed by atoms with Crippen molar-refractivity contribution >= 4 is 16.7 Å². The third kappa shape index (κ3) is 2.00. The van der Waals surface area contributed by atoms with Crippen LogP contribution in [0.4, 0.5) is 0 Å². The number of aryl methyl sites for hydroxylation is 1. The van der Waals surface area contributed by atoms with E-state index in [1.54, 1.807) is 0 Å². The van der Waals surface area contributed by atoms with Gasteiger partial charge in [0.15, 0.2) is 0 Å². The third-order valence-corrected chi connectivity index (χ3v) is 3.93. The number of rotatable bonds is 1. The van der Waals surface area contributed by atoms with Gasteiger partial charge in [-0.2, -0.15) is 0 Å². The summed E-state index contributed by atoms with van der Waals surface area (Å²) in [6.45, 7) is 0.715. The monoisotopic (exact) mass is 277 g/mol. The smallest absolute Gasteiger partial charge is 0.271 e. The van der Waals surface area contributed by atoms with Crippen LogP contribution in [-0.2, 0) is 6.42 Å². The summed E-state index contributed by atoms with van der Waals surface area (Å²) in [5, 5.41) is 5.20. The first-order chi connectivity index (χ1) is 10.3. The fourth-order valence-electron chi connectivity index (χ4n) is 2.89. The number of nitrogens with zero attached hydrogens (tertiary/aromatic N) is 1. The molecule has 1 aromatic heterocycles. The Morgan fingerprint density at radius 2 is 1.90 bits per heavy atom. The number of hydrogen-bond acceptors (Lipinski definition) is 2. The standard InChI is InChI=1S/C17H15N3O/c21-17-15-14(9-4-10-18-17)19-16(20-15)13-8-3-6-11-5-1-2-7-12(11)13/h1-3,5-8H,4,9-10H2,(H,18,21)(H,19,20). The first-order valence-electron chi connectivity index (χ1n) is 7.18. The Kier molecular flexibility index (Phi) is 2.74. The molecule has 0 spiro atoms. The highest BCUT2D eigenvalue weighted by Gasteiger charge is 2.20. The molecular formula is C17H15N3O. The SMILES string of the molecule is O=C1NCCCc2[nH]c(-c3cccc4ccccc34)nc21. The Balaban J connectivity index is 1.90. The van der Waals surface area contributed by atoms with Crippen molar-refractivity contribution in [2.24, 2.45) is 0 Å². The molecule has 1 aliphatic rings. The summed E-state index contributed by atoms with van der Waals surface area (Å²) in [6, 6.07) is 14.4. The molecule has 0 fully saturated rings. The Morgan fingerprint density at radius 3 is 2.86 bits per heavy atom. The molecule has 1 aliphatic heterocycles. The largest absolute Gasteiger partial charge is 0.351 e. The molecule has 0 atom stereocenters. The average Bonchev–Trinajstić information content (AvgIpc) is 2.87. The first-order valence-corrected chi connectivity index (χ1v) is 7.18. The molecule has 0 saturated heterocycles. The quantitative estimate of drug-likeness (QED) is 0.718. The molecule has 2 N–H and O–H groups in total. The van der Waals surface area contributed by atoms with Crippen molar-refractivity contribution in [3.63, 3.8) is 0 Å². The van der Waals surface area contributed by atoms with E-state index in [1.807, 2.05) is 24.3 Å². The van der Waals surface area contributed by atoms with Crippen LogP contribution < -0.4 is 5.32 Å². The van der Waals surface area contributed by atoms with E-state index < -0.39 is 0 Å². The number of benzene rings is 2. The van der Waals surface area contributed by atoms with E-state index in [4.69, 9.17) is 0 Å². The lowest BCUT2D eigenvalue weighted by molar-refractivity contribution is 0.0951. The number of hydrogen-bond donors (Lipinski definition) is 2. The molecule has 0 saturated carbocycles. The van der Waals surface area contributed by atoms with Gasteiger partial charge in [0.25, 0.3) is 5.91 Å². The van der Waals surface area contributed by atoms with Crippen LogP contribution in [0.5, 0.6) is 0 Å². The number of fused-ring (bicyclic) bond motifs is 2. The van der Waals surface area contributed by atoms with Crippen LogP contribution in [0.15, 0.2) is 42.5 Å². The molecular weight excluding hydrogens is 262 g/mol. The average molecular weight is 277 g/mol. The molecule has 104 valence electrons. The van der Waals surface area contributed by atoms with Crippen LogP contribution >= 0.6 is 0 Å². The molecule has 2 aromatic carbocycles. The van der Waals surface area contributed by atoms with Gasteiger partial charge in [0, 0.05) is 17.8 Å². The highest BCUT2D eigenvalue weighted by molar-refractivity contribution is 5.97. The van der Waals surface area contributed by atoms with Gasteiger partial charge < -0.3 is 10.3 Å². The molecule has 1 amide bonds. The molecule has 0 aliphatic carbocycles. The first kappa shape index (κ1) is 12.1. The van der Waals surface area contributed by atoms with E-state index in [0.717, 1.165) is 35.3 Å². The predicted octanol–water partition coefficient (Wildman–Crippen LogP) is 2.91. The number of aromatic nitrogens is 2. The minimum atomic E-state index is -0.0785. The third-order valence-electron chi connectivity index (χ3n) is 3.93. The zero-order valence-electron chi connectivity index (χ0n) is 11.5. The van der Waals surface area contributed by atoms with Crippen molar-refractivity contribution in [1.29, 1.82) is 0 Å². The normalized spacial score (nSPS) is 14.6. The molecule has 21 heavy (non-hydrogen) atoms. The van der Waals surface area contributed by atoms with Gasteiger partial charge in [0.2, 0.25) is 0 Å². The minimum absolute atomic E-state index is 0.0785. The molecule has 3 aromatic rings. The van der Waals surface area contributed by atoms with Crippen LogP contribution in [0.3, 0.4) is 0 Å². The Bertz CT molecular complexity index is 830. The molecule has 0 unspecified atom stereocenters. The van der Waals surface area contributed by atoms with E-state index in [2.05, 4.69) is 33.5 Å². The summed E-state index contributed by atoms with van der Waals surface area (Å²) >= 11 is 0. The van der Waals surface area contributed by atoms with Gasteiger partial charge in [-0.3, -0.25) is 4.79 Å². The Hall–Kier alpha value is -2.62. The lowest BCUT2D eigenvalue weighted by Crippen LogP contribution is -2.23. The summed E-state index contributed by atoms with van der Waals surface area (Å²) in [6.07, 6.45) is 1.79. The summed E-state index contributed by atoms with van der Waals surface area (Å²) < 4.78 is 0. The van der Waals surface area contributed by atoms with Gasteiger partial charge in [-0.15, -0.1) is 0 Å². The maximum atomic E-state index is 12.0. The minimum Gasteiger partial charge on any atom is -0.351 e. The molecule has 0 bridgehead atoms. The Labute approximate surface area is 122 Å². The number of carbonyl (C=O) groups is 1. The summed E-state index contributed by atoms with van der Waals surface area (Å²) in [7, 11) is 0. The number of carbonyl (C=O) groups excluding carboxylic acids is 1. The molecule has 4 nitrogen and oxygen atoms in total. The van der Waals surface area contributed by atoms with E-state index in [-0.39, 0.29) is 5.91 Å². The summed E-state index contributed by atoms with van der Waals surface area (Å²) in [5.74, 6) is 0.694. The van der Waals surface area contributed by atoms with Gasteiger partial charge in [0.05, 0.1) is 0 Å². The van der Waals surface area contributed by atoms with Gasteiger partial charge in [-0.25, -0.2) is 4.98 Å². The zero-order chi connectivity index (χ0) is 14.2. The second-order valence-electron chi connectivity index (χ2n) is 5.30. The van der Waals surface area contributed by atoms with Crippen LogP contribution in [-0.4, -0.2) is 22.4 Å². The van der Waals surface area contributed by atoms with E-state index in [9.17, 15) is 4.79 Å². The van der Waals surface area contributed by atoms with Gasteiger partial charge in [-0.1, -0.05) is 42.5 Å².